The second kappa shape index (κ2) is 8.66. The number of para-hydroxylation sites is 1. The molecule has 1 N–H and O–H groups in total. The molecule has 1 heterocycles. The van der Waals surface area contributed by atoms with Crippen LogP contribution in [0.2, 0.25) is 5.02 Å². The SMILES string of the molecule is CCOc1ccc(NC2=C(c3ccc(C)cc3)C(=O)N(c3ccccc3Cl)C2=O)cc1. The van der Waals surface area contributed by atoms with E-state index in [9.17, 15) is 9.59 Å². The van der Waals surface area contributed by atoms with Crippen LogP contribution < -0.4 is 15.0 Å². The fourth-order valence-corrected chi connectivity index (χ4v) is 3.65. The van der Waals surface area contributed by atoms with Crippen LogP contribution in [-0.2, 0) is 9.59 Å². The fraction of sp³-hybridized carbons (Fsp3) is 0.120. The highest BCUT2D eigenvalue weighted by Crippen LogP contribution is 2.36. The molecule has 0 radical (unpaired) electrons. The molecule has 0 aliphatic carbocycles. The number of rotatable bonds is 6. The van der Waals surface area contributed by atoms with E-state index in [2.05, 4.69) is 5.32 Å². The quantitative estimate of drug-likeness (QED) is 0.526. The summed E-state index contributed by atoms with van der Waals surface area (Å²) in [6.45, 7) is 4.45. The van der Waals surface area contributed by atoms with Gasteiger partial charge in [0.05, 0.1) is 22.9 Å². The first-order valence-electron chi connectivity index (χ1n) is 9.94. The maximum Gasteiger partial charge on any atom is 0.282 e. The normalized spacial score (nSPS) is 13.7. The van der Waals surface area contributed by atoms with Gasteiger partial charge >= 0.3 is 0 Å². The Labute approximate surface area is 185 Å². The van der Waals surface area contributed by atoms with Gasteiger partial charge in [-0.2, -0.15) is 0 Å². The van der Waals surface area contributed by atoms with Crippen LogP contribution in [0, 0.1) is 6.92 Å². The first kappa shape index (κ1) is 20.7. The fourth-order valence-electron chi connectivity index (χ4n) is 3.43. The first-order valence-corrected chi connectivity index (χ1v) is 10.3. The van der Waals surface area contributed by atoms with Crippen LogP contribution in [0.15, 0.2) is 78.5 Å². The number of anilines is 2. The summed E-state index contributed by atoms with van der Waals surface area (Å²) in [5, 5.41) is 3.47. The monoisotopic (exact) mass is 432 g/mol. The molecule has 0 bridgehead atoms. The van der Waals surface area contributed by atoms with Crippen molar-refractivity contribution in [3.05, 3.63) is 94.6 Å². The van der Waals surface area contributed by atoms with Gasteiger partial charge in [0.15, 0.2) is 0 Å². The number of benzene rings is 3. The van der Waals surface area contributed by atoms with E-state index in [-0.39, 0.29) is 5.70 Å². The Kier molecular flexibility index (Phi) is 5.78. The van der Waals surface area contributed by atoms with Crippen LogP contribution in [0.4, 0.5) is 11.4 Å². The molecule has 3 aromatic carbocycles. The highest BCUT2D eigenvalue weighted by atomic mass is 35.5. The average Bonchev–Trinajstić information content (AvgIpc) is 3.00. The van der Waals surface area contributed by atoms with Crippen molar-refractivity contribution in [2.45, 2.75) is 13.8 Å². The lowest BCUT2D eigenvalue weighted by Gasteiger charge is -2.16. The molecule has 31 heavy (non-hydrogen) atoms. The van der Waals surface area contributed by atoms with Gasteiger partial charge in [0.25, 0.3) is 11.8 Å². The standard InChI is InChI=1S/C25H21ClN2O3/c1-3-31-19-14-12-18(13-15-19)27-23-22(17-10-8-16(2)9-11-17)24(29)28(25(23)30)21-7-5-4-6-20(21)26/h4-15,27H,3H2,1-2H3. The zero-order chi connectivity index (χ0) is 22.0. The number of imide groups is 1. The van der Waals surface area contributed by atoms with Gasteiger partial charge in [-0.3, -0.25) is 9.59 Å². The van der Waals surface area contributed by atoms with Crippen LogP contribution in [0.3, 0.4) is 0 Å². The third-order valence-electron chi connectivity index (χ3n) is 4.95. The molecule has 0 unspecified atom stereocenters. The Balaban J connectivity index is 1.78. The van der Waals surface area contributed by atoms with Gasteiger partial charge in [0, 0.05) is 5.69 Å². The number of carbonyl (C=O) groups excluding carboxylic acids is 2. The van der Waals surface area contributed by atoms with Crippen LogP contribution in [0.5, 0.6) is 5.75 Å². The number of hydrogen-bond acceptors (Lipinski definition) is 4. The minimum absolute atomic E-state index is 0.206. The van der Waals surface area contributed by atoms with Gasteiger partial charge in [0.1, 0.15) is 11.4 Å². The van der Waals surface area contributed by atoms with Gasteiger partial charge < -0.3 is 10.1 Å². The molecule has 3 aromatic rings. The Morgan fingerprint density at radius 2 is 1.58 bits per heavy atom. The summed E-state index contributed by atoms with van der Waals surface area (Å²) >= 11 is 6.31. The van der Waals surface area contributed by atoms with Crippen molar-refractivity contribution in [1.82, 2.24) is 0 Å². The van der Waals surface area contributed by atoms with Crippen molar-refractivity contribution >= 4 is 40.4 Å². The molecule has 5 nitrogen and oxygen atoms in total. The summed E-state index contributed by atoms with van der Waals surface area (Å²) in [5.74, 6) is -0.148. The maximum atomic E-state index is 13.4. The van der Waals surface area contributed by atoms with E-state index in [1.165, 1.54) is 0 Å². The molecule has 0 spiro atoms. The van der Waals surface area contributed by atoms with Crippen molar-refractivity contribution in [1.29, 1.82) is 0 Å². The molecule has 0 saturated heterocycles. The number of aryl methyl sites for hydroxylation is 1. The summed E-state index contributed by atoms with van der Waals surface area (Å²) in [4.78, 5) is 27.9. The highest BCUT2D eigenvalue weighted by Gasteiger charge is 2.41. The lowest BCUT2D eigenvalue weighted by Crippen LogP contribution is -2.32. The molecule has 1 aliphatic rings. The lowest BCUT2D eigenvalue weighted by atomic mass is 10.0. The lowest BCUT2D eigenvalue weighted by molar-refractivity contribution is -0.120. The zero-order valence-corrected chi connectivity index (χ0v) is 17.9. The van der Waals surface area contributed by atoms with E-state index in [1.54, 1.807) is 36.4 Å². The Morgan fingerprint density at radius 1 is 0.903 bits per heavy atom. The van der Waals surface area contributed by atoms with Crippen LogP contribution in [-0.4, -0.2) is 18.4 Å². The molecule has 6 heteroatoms. The Bertz CT molecular complexity index is 1170. The van der Waals surface area contributed by atoms with Crippen LogP contribution in [0.1, 0.15) is 18.1 Å². The predicted octanol–water partition coefficient (Wildman–Crippen LogP) is 5.44. The predicted molar refractivity (Wildman–Crippen MR) is 123 cm³/mol. The van der Waals surface area contributed by atoms with Gasteiger partial charge in [-0.1, -0.05) is 53.6 Å². The summed E-state index contributed by atoms with van der Waals surface area (Å²) in [5.41, 5.74) is 3.26. The van der Waals surface area contributed by atoms with Crippen molar-refractivity contribution in [2.75, 3.05) is 16.8 Å². The number of nitrogens with one attached hydrogen (secondary N) is 1. The average molecular weight is 433 g/mol. The number of nitrogens with zero attached hydrogens (tertiary/aromatic N) is 1. The van der Waals surface area contributed by atoms with E-state index in [0.717, 1.165) is 16.2 Å². The van der Waals surface area contributed by atoms with Crippen molar-refractivity contribution in [3.63, 3.8) is 0 Å². The van der Waals surface area contributed by atoms with Gasteiger partial charge in [-0.05, 0) is 55.8 Å². The number of halogens is 1. The minimum atomic E-state index is -0.456. The number of hydrogen-bond donors (Lipinski definition) is 1. The minimum Gasteiger partial charge on any atom is -0.494 e. The summed E-state index contributed by atoms with van der Waals surface area (Å²) in [6, 6.07) is 21.5. The molecular weight excluding hydrogens is 412 g/mol. The smallest absolute Gasteiger partial charge is 0.282 e. The zero-order valence-electron chi connectivity index (χ0n) is 17.2. The maximum absolute atomic E-state index is 13.4. The molecule has 2 amide bonds. The molecule has 0 saturated carbocycles. The van der Waals surface area contributed by atoms with Crippen LogP contribution >= 0.6 is 11.6 Å². The van der Waals surface area contributed by atoms with Gasteiger partial charge in [-0.15, -0.1) is 0 Å². The van der Waals surface area contributed by atoms with Crippen molar-refractivity contribution in [3.8, 4) is 5.75 Å². The third kappa shape index (κ3) is 4.05. The molecule has 4 rings (SSSR count). The Hall–Kier alpha value is -3.57. The highest BCUT2D eigenvalue weighted by molar-refractivity contribution is 6.48. The summed E-state index contributed by atoms with van der Waals surface area (Å²) in [6.07, 6.45) is 0. The first-order chi connectivity index (χ1) is 15.0. The summed E-state index contributed by atoms with van der Waals surface area (Å²) in [7, 11) is 0. The van der Waals surface area contributed by atoms with Crippen LogP contribution in [0.25, 0.3) is 5.57 Å². The van der Waals surface area contributed by atoms with Crippen molar-refractivity contribution < 1.29 is 14.3 Å². The van der Waals surface area contributed by atoms with E-state index in [0.29, 0.717) is 34.1 Å². The van der Waals surface area contributed by atoms with Crippen molar-refractivity contribution in [2.24, 2.45) is 0 Å². The molecule has 0 fully saturated rings. The largest absolute Gasteiger partial charge is 0.494 e. The number of amides is 2. The van der Waals surface area contributed by atoms with Gasteiger partial charge in [0.2, 0.25) is 0 Å². The van der Waals surface area contributed by atoms with Gasteiger partial charge in [-0.25, -0.2) is 4.90 Å². The number of carbonyl (C=O) groups is 2. The van der Waals surface area contributed by atoms with E-state index >= 15 is 0 Å². The Morgan fingerprint density at radius 3 is 2.23 bits per heavy atom. The molecule has 0 atom stereocenters. The molecule has 1 aliphatic heterocycles. The third-order valence-corrected chi connectivity index (χ3v) is 5.27. The number of ether oxygens (including phenoxy) is 1. The topological polar surface area (TPSA) is 58.6 Å². The second-order valence-corrected chi connectivity index (χ2v) is 7.50. The molecular formula is C25H21ClN2O3. The second-order valence-electron chi connectivity index (χ2n) is 7.10. The van der Waals surface area contributed by atoms with E-state index < -0.39 is 11.8 Å². The molecule has 156 valence electrons. The van der Waals surface area contributed by atoms with E-state index in [4.69, 9.17) is 16.3 Å². The summed E-state index contributed by atoms with van der Waals surface area (Å²) < 4.78 is 5.47. The molecule has 0 aromatic heterocycles. The van der Waals surface area contributed by atoms with E-state index in [1.807, 2.05) is 50.2 Å².